The number of likely N-dealkylation sites (tertiary alicyclic amines) is 2. The Balaban J connectivity index is 1.43. The Labute approximate surface area is 152 Å². The Hall–Kier alpha value is -2.63. The standard InChI is InChI=1S/C20H23N3O3/c1-22-16(11-15-5-3-2-4-6-15)12-20(19(22)25)7-9-23(10-8-20)18(24)17-13-21-14-26-17/h2-6,13-14,16H,7-12H2,1H3. The molecule has 6 heteroatoms. The van der Waals surface area contributed by atoms with Crippen LogP contribution in [0.2, 0.25) is 0 Å². The molecule has 26 heavy (non-hydrogen) atoms. The van der Waals surface area contributed by atoms with Gasteiger partial charge in [-0.1, -0.05) is 30.3 Å². The molecule has 2 fully saturated rings. The zero-order valence-corrected chi connectivity index (χ0v) is 14.9. The van der Waals surface area contributed by atoms with Gasteiger partial charge in [0.05, 0.1) is 11.6 Å². The van der Waals surface area contributed by atoms with Crippen molar-refractivity contribution in [1.82, 2.24) is 14.8 Å². The number of hydrogen-bond donors (Lipinski definition) is 0. The molecular formula is C20H23N3O3. The molecule has 1 spiro atoms. The lowest BCUT2D eigenvalue weighted by Gasteiger charge is -2.37. The van der Waals surface area contributed by atoms with Crippen molar-refractivity contribution in [1.29, 1.82) is 0 Å². The third kappa shape index (κ3) is 2.89. The van der Waals surface area contributed by atoms with E-state index in [-0.39, 0.29) is 29.0 Å². The number of benzene rings is 1. The van der Waals surface area contributed by atoms with Gasteiger partial charge in [0.1, 0.15) is 0 Å². The summed E-state index contributed by atoms with van der Waals surface area (Å²) in [6, 6.07) is 10.5. The van der Waals surface area contributed by atoms with Gasteiger partial charge in [0.2, 0.25) is 11.7 Å². The van der Waals surface area contributed by atoms with E-state index in [1.807, 2.05) is 30.1 Å². The number of oxazole rings is 1. The van der Waals surface area contributed by atoms with Gasteiger partial charge in [-0.2, -0.15) is 0 Å². The number of carbonyl (C=O) groups is 2. The van der Waals surface area contributed by atoms with Crippen LogP contribution >= 0.6 is 0 Å². The van der Waals surface area contributed by atoms with Gasteiger partial charge in [0.15, 0.2) is 6.39 Å². The first-order valence-corrected chi connectivity index (χ1v) is 9.08. The molecule has 1 unspecified atom stereocenters. The van der Waals surface area contributed by atoms with E-state index in [1.54, 1.807) is 4.90 Å². The van der Waals surface area contributed by atoms with Crippen molar-refractivity contribution in [2.45, 2.75) is 31.7 Å². The first-order chi connectivity index (χ1) is 12.6. The normalized spacial score (nSPS) is 22.2. The average molecular weight is 353 g/mol. The number of carbonyl (C=O) groups excluding carboxylic acids is 2. The highest BCUT2D eigenvalue weighted by molar-refractivity contribution is 5.91. The Morgan fingerprint density at radius 1 is 1.27 bits per heavy atom. The molecule has 0 aliphatic carbocycles. The first-order valence-electron chi connectivity index (χ1n) is 9.08. The summed E-state index contributed by atoms with van der Waals surface area (Å²) in [6.07, 6.45) is 5.87. The third-order valence-corrected chi connectivity index (χ3v) is 5.91. The molecular weight excluding hydrogens is 330 g/mol. The summed E-state index contributed by atoms with van der Waals surface area (Å²) in [7, 11) is 1.91. The van der Waals surface area contributed by atoms with Gasteiger partial charge < -0.3 is 14.2 Å². The monoisotopic (exact) mass is 353 g/mol. The van der Waals surface area contributed by atoms with Gasteiger partial charge in [-0.3, -0.25) is 9.59 Å². The molecule has 0 saturated carbocycles. The molecule has 0 bridgehead atoms. The highest BCUT2D eigenvalue weighted by Crippen LogP contribution is 2.44. The summed E-state index contributed by atoms with van der Waals surface area (Å²) in [6.45, 7) is 1.16. The van der Waals surface area contributed by atoms with Crippen molar-refractivity contribution in [2.24, 2.45) is 5.41 Å². The van der Waals surface area contributed by atoms with Crippen LogP contribution in [0.15, 0.2) is 47.3 Å². The van der Waals surface area contributed by atoms with Gasteiger partial charge in [-0.15, -0.1) is 0 Å². The molecule has 6 nitrogen and oxygen atoms in total. The van der Waals surface area contributed by atoms with Crippen molar-refractivity contribution in [3.05, 3.63) is 54.2 Å². The molecule has 2 aliphatic rings. The molecule has 2 saturated heterocycles. The summed E-state index contributed by atoms with van der Waals surface area (Å²) in [5.41, 5.74) is 0.930. The number of nitrogens with zero attached hydrogens (tertiary/aromatic N) is 3. The molecule has 0 N–H and O–H groups in total. The first kappa shape index (κ1) is 16.8. The molecule has 1 atom stereocenters. The molecule has 2 aliphatic heterocycles. The van der Waals surface area contributed by atoms with E-state index in [0.29, 0.717) is 25.9 Å². The minimum Gasteiger partial charge on any atom is -0.438 e. The van der Waals surface area contributed by atoms with Crippen LogP contribution in [0.25, 0.3) is 0 Å². The van der Waals surface area contributed by atoms with Gasteiger partial charge in [0.25, 0.3) is 5.91 Å². The van der Waals surface area contributed by atoms with Crippen molar-refractivity contribution >= 4 is 11.8 Å². The second-order valence-electron chi connectivity index (χ2n) is 7.40. The topological polar surface area (TPSA) is 66.7 Å². The molecule has 136 valence electrons. The number of hydrogen-bond acceptors (Lipinski definition) is 4. The molecule has 3 heterocycles. The van der Waals surface area contributed by atoms with Crippen molar-refractivity contribution in [3.8, 4) is 0 Å². The van der Waals surface area contributed by atoms with Crippen LogP contribution in [0.5, 0.6) is 0 Å². The second-order valence-corrected chi connectivity index (χ2v) is 7.40. The highest BCUT2D eigenvalue weighted by Gasteiger charge is 2.51. The van der Waals surface area contributed by atoms with E-state index >= 15 is 0 Å². The lowest BCUT2D eigenvalue weighted by Crippen LogP contribution is -2.46. The summed E-state index contributed by atoms with van der Waals surface area (Å²) >= 11 is 0. The predicted molar refractivity (Wildman–Crippen MR) is 95.4 cm³/mol. The summed E-state index contributed by atoms with van der Waals surface area (Å²) < 4.78 is 5.11. The molecule has 1 aromatic carbocycles. The van der Waals surface area contributed by atoms with Gasteiger partial charge in [0, 0.05) is 26.2 Å². The minimum absolute atomic E-state index is 0.142. The maximum atomic E-state index is 13.0. The number of aromatic nitrogens is 1. The van der Waals surface area contributed by atoms with Crippen LogP contribution < -0.4 is 0 Å². The van der Waals surface area contributed by atoms with Crippen LogP contribution in [-0.2, 0) is 11.2 Å². The maximum absolute atomic E-state index is 13.0. The van der Waals surface area contributed by atoms with Crippen LogP contribution in [0.4, 0.5) is 0 Å². The summed E-state index contributed by atoms with van der Waals surface area (Å²) in [4.78, 5) is 32.9. The summed E-state index contributed by atoms with van der Waals surface area (Å²) in [5, 5.41) is 0. The molecule has 4 rings (SSSR count). The number of amides is 2. The molecule has 2 amide bonds. The third-order valence-electron chi connectivity index (χ3n) is 5.91. The SMILES string of the molecule is CN1C(=O)C2(CCN(C(=O)c3cnco3)CC2)CC1Cc1ccccc1. The zero-order chi connectivity index (χ0) is 18.1. The number of piperidine rings is 1. The van der Waals surface area contributed by atoms with E-state index in [4.69, 9.17) is 4.42 Å². The highest BCUT2D eigenvalue weighted by atomic mass is 16.3. The maximum Gasteiger partial charge on any atom is 0.291 e. The van der Waals surface area contributed by atoms with Gasteiger partial charge in [-0.25, -0.2) is 4.98 Å². The summed E-state index contributed by atoms with van der Waals surface area (Å²) in [5.74, 6) is 0.347. The van der Waals surface area contributed by atoms with E-state index in [2.05, 4.69) is 17.1 Å². The van der Waals surface area contributed by atoms with E-state index in [9.17, 15) is 9.59 Å². The molecule has 1 aromatic heterocycles. The van der Waals surface area contributed by atoms with Gasteiger partial charge in [-0.05, 0) is 31.2 Å². The van der Waals surface area contributed by atoms with Crippen LogP contribution in [0.1, 0.15) is 35.4 Å². The fourth-order valence-corrected chi connectivity index (χ4v) is 4.34. The minimum atomic E-state index is -0.327. The van der Waals surface area contributed by atoms with Crippen molar-refractivity contribution in [3.63, 3.8) is 0 Å². The van der Waals surface area contributed by atoms with E-state index in [0.717, 1.165) is 12.8 Å². The predicted octanol–water partition coefficient (Wildman–Crippen LogP) is 2.37. The molecule has 0 radical (unpaired) electrons. The van der Waals surface area contributed by atoms with Gasteiger partial charge >= 0.3 is 0 Å². The lowest BCUT2D eigenvalue weighted by atomic mass is 9.75. The lowest BCUT2D eigenvalue weighted by molar-refractivity contribution is -0.137. The van der Waals surface area contributed by atoms with Crippen LogP contribution in [0.3, 0.4) is 0 Å². The smallest absolute Gasteiger partial charge is 0.291 e. The van der Waals surface area contributed by atoms with E-state index in [1.165, 1.54) is 18.2 Å². The zero-order valence-electron chi connectivity index (χ0n) is 14.9. The Morgan fingerprint density at radius 2 is 2.00 bits per heavy atom. The number of rotatable bonds is 3. The number of likely N-dealkylation sites (N-methyl/N-ethyl adjacent to an activating group) is 1. The second kappa shape index (κ2) is 6.59. The van der Waals surface area contributed by atoms with Crippen molar-refractivity contribution in [2.75, 3.05) is 20.1 Å². The van der Waals surface area contributed by atoms with Crippen molar-refractivity contribution < 1.29 is 14.0 Å². The molecule has 2 aromatic rings. The fourth-order valence-electron chi connectivity index (χ4n) is 4.34. The Kier molecular flexibility index (Phi) is 4.26. The average Bonchev–Trinajstić information content (AvgIpc) is 3.28. The van der Waals surface area contributed by atoms with E-state index < -0.39 is 0 Å². The Morgan fingerprint density at radius 3 is 2.65 bits per heavy atom. The van der Waals surface area contributed by atoms with Crippen LogP contribution in [-0.4, -0.2) is 52.8 Å². The quantitative estimate of drug-likeness (QED) is 0.850. The van der Waals surface area contributed by atoms with Crippen LogP contribution in [0, 0.1) is 5.41 Å². The largest absolute Gasteiger partial charge is 0.438 e. The Bertz CT molecular complexity index is 780. The fraction of sp³-hybridized carbons (Fsp3) is 0.450.